The number of nitrogens with one attached hydrogen (secondary N) is 3. The zero-order valence-electron chi connectivity index (χ0n) is 19.7. The van der Waals surface area contributed by atoms with Crippen molar-refractivity contribution in [2.75, 3.05) is 58.2 Å². The number of carbonyl (C=O) groups excluding carboxylic acids is 1. The molecule has 0 radical (unpaired) electrons. The minimum Gasteiger partial charge on any atom is -0.354 e. The third-order valence-corrected chi connectivity index (χ3v) is 7.72. The first-order valence-corrected chi connectivity index (χ1v) is 12.6. The molecule has 0 spiro atoms. The fourth-order valence-electron chi connectivity index (χ4n) is 4.35. The highest BCUT2D eigenvalue weighted by atomic mass is 32.1. The summed E-state index contributed by atoms with van der Waals surface area (Å²) in [4.78, 5) is 38.9. The van der Waals surface area contributed by atoms with Crippen LogP contribution in [0.1, 0.15) is 30.2 Å². The first-order chi connectivity index (χ1) is 15.9. The summed E-state index contributed by atoms with van der Waals surface area (Å²) in [5.41, 5.74) is 2.14. The van der Waals surface area contributed by atoms with Crippen molar-refractivity contribution in [3.8, 4) is 0 Å². The van der Waals surface area contributed by atoms with Gasteiger partial charge in [0.15, 0.2) is 0 Å². The van der Waals surface area contributed by atoms with Crippen LogP contribution in [-0.2, 0) is 4.79 Å². The maximum atomic E-state index is 12.8. The summed E-state index contributed by atoms with van der Waals surface area (Å²) in [5, 5.41) is 6.76. The van der Waals surface area contributed by atoms with E-state index in [0.717, 1.165) is 54.4 Å². The third-order valence-electron chi connectivity index (χ3n) is 6.49. The molecule has 2 aromatic rings. The molecule has 1 fully saturated rings. The number of rotatable bonds is 8. The fraction of sp³-hybridized carbons (Fsp3) is 0.542. The number of fused-ring (bicyclic) bond motifs is 1. The second kappa shape index (κ2) is 10.6. The molecule has 178 valence electrons. The van der Waals surface area contributed by atoms with Gasteiger partial charge in [0.1, 0.15) is 4.83 Å². The molecule has 2 aliphatic rings. The summed E-state index contributed by atoms with van der Waals surface area (Å²) < 4.78 is 0. The monoisotopic (exact) mass is 470 g/mol. The highest BCUT2D eigenvalue weighted by Gasteiger charge is 2.21. The molecule has 33 heavy (non-hydrogen) atoms. The maximum absolute atomic E-state index is 12.8. The van der Waals surface area contributed by atoms with Crippen LogP contribution in [0, 0.1) is 12.8 Å². The number of aromatic amines is 1. The minimum absolute atomic E-state index is 0.0510. The molecular formula is C24H34N6O2S. The average Bonchev–Trinajstić information content (AvgIpc) is 3.13. The first-order valence-electron chi connectivity index (χ1n) is 11.7. The standard InChI is InChI=1S/C24H34N6O2S/c1-16-6-4-5-7-18(16)21-17(2)20-22(32)27-24(28-23(20)33-21)26-10-9-25-19(31)8-11-30-14-12-29(3)13-15-30/h4-5,7,16H,6,8-15H2,1-3H3,(H,25,31)(H2,26,27,28,32). The highest BCUT2D eigenvalue weighted by Crippen LogP contribution is 2.38. The predicted molar refractivity (Wildman–Crippen MR) is 136 cm³/mol. The Hall–Kier alpha value is -2.49. The zero-order chi connectivity index (χ0) is 23.4. The number of carbonyl (C=O) groups is 1. The van der Waals surface area contributed by atoms with Gasteiger partial charge in [0.05, 0.1) is 5.39 Å². The molecule has 1 aliphatic heterocycles. The van der Waals surface area contributed by atoms with Crippen molar-refractivity contribution in [2.45, 2.75) is 26.7 Å². The predicted octanol–water partition coefficient (Wildman–Crippen LogP) is 2.44. The van der Waals surface area contributed by atoms with Gasteiger partial charge in [0.2, 0.25) is 11.9 Å². The van der Waals surface area contributed by atoms with Gasteiger partial charge < -0.3 is 20.4 Å². The first kappa shape index (κ1) is 23.7. The minimum atomic E-state index is -0.127. The van der Waals surface area contributed by atoms with Gasteiger partial charge in [0, 0.05) is 57.1 Å². The van der Waals surface area contributed by atoms with Crippen LogP contribution in [0.5, 0.6) is 0 Å². The van der Waals surface area contributed by atoms with Gasteiger partial charge in [-0.1, -0.05) is 25.2 Å². The van der Waals surface area contributed by atoms with Crippen LogP contribution >= 0.6 is 11.3 Å². The van der Waals surface area contributed by atoms with Gasteiger partial charge in [0.25, 0.3) is 5.56 Å². The van der Waals surface area contributed by atoms with Gasteiger partial charge in [-0.25, -0.2) is 4.98 Å². The highest BCUT2D eigenvalue weighted by molar-refractivity contribution is 7.19. The van der Waals surface area contributed by atoms with Gasteiger partial charge in [-0.2, -0.15) is 0 Å². The number of thiophene rings is 1. The van der Waals surface area contributed by atoms with Crippen molar-refractivity contribution in [2.24, 2.45) is 5.92 Å². The lowest BCUT2D eigenvalue weighted by atomic mass is 9.91. The lowest BCUT2D eigenvalue weighted by Crippen LogP contribution is -2.45. The molecule has 0 saturated carbocycles. The van der Waals surface area contributed by atoms with E-state index in [1.165, 1.54) is 5.57 Å². The second-order valence-electron chi connectivity index (χ2n) is 9.01. The Morgan fingerprint density at radius 2 is 2.06 bits per heavy atom. The molecule has 0 aromatic carbocycles. The molecule has 3 heterocycles. The van der Waals surface area contributed by atoms with Crippen LogP contribution in [0.25, 0.3) is 15.8 Å². The summed E-state index contributed by atoms with van der Waals surface area (Å²) in [5.74, 6) is 0.922. The van der Waals surface area contributed by atoms with Crippen molar-refractivity contribution in [1.82, 2.24) is 25.1 Å². The lowest BCUT2D eigenvalue weighted by Gasteiger charge is -2.32. The van der Waals surface area contributed by atoms with E-state index >= 15 is 0 Å². The maximum Gasteiger partial charge on any atom is 0.261 e. The summed E-state index contributed by atoms with van der Waals surface area (Å²) in [6.45, 7) is 10.1. The molecule has 1 aliphatic carbocycles. The lowest BCUT2D eigenvalue weighted by molar-refractivity contribution is -0.121. The largest absolute Gasteiger partial charge is 0.354 e. The molecule has 1 saturated heterocycles. The van der Waals surface area contributed by atoms with E-state index in [4.69, 9.17) is 0 Å². The smallest absolute Gasteiger partial charge is 0.261 e. The molecular weight excluding hydrogens is 436 g/mol. The third kappa shape index (κ3) is 5.72. The van der Waals surface area contributed by atoms with E-state index in [1.54, 1.807) is 11.3 Å². The summed E-state index contributed by atoms with van der Waals surface area (Å²) in [6, 6.07) is 0. The van der Waals surface area contributed by atoms with E-state index in [-0.39, 0.29) is 11.5 Å². The van der Waals surface area contributed by atoms with Gasteiger partial charge >= 0.3 is 0 Å². The van der Waals surface area contributed by atoms with E-state index < -0.39 is 0 Å². The Balaban J connectivity index is 1.30. The van der Waals surface area contributed by atoms with Crippen LogP contribution in [0.3, 0.4) is 0 Å². The molecule has 3 N–H and O–H groups in total. The van der Waals surface area contributed by atoms with E-state index in [1.807, 2.05) is 6.92 Å². The average molecular weight is 471 g/mol. The van der Waals surface area contributed by atoms with Gasteiger partial charge in [-0.15, -0.1) is 11.3 Å². The van der Waals surface area contributed by atoms with Crippen molar-refractivity contribution in [3.63, 3.8) is 0 Å². The van der Waals surface area contributed by atoms with Crippen molar-refractivity contribution >= 4 is 39.0 Å². The molecule has 8 nitrogen and oxygen atoms in total. The summed E-state index contributed by atoms with van der Waals surface area (Å²) in [6.07, 6.45) is 7.92. The number of piperazine rings is 1. The molecule has 1 unspecified atom stereocenters. The topological polar surface area (TPSA) is 93.4 Å². The molecule has 9 heteroatoms. The molecule has 4 rings (SSSR count). The van der Waals surface area contributed by atoms with Crippen LogP contribution in [-0.4, -0.2) is 78.5 Å². The SMILES string of the molecule is Cc1c(C2=CC=CCC2C)sc2nc(NCCNC(=O)CCN3CCN(C)CC3)[nH]c(=O)c12. The molecule has 0 bridgehead atoms. The van der Waals surface area contributed by atoms with Crippen molar-refractivity contribution in [1.29, 1.82) is 0 Å². The van der Waals surface area contributed by atoms with Crippen molar-refractivity contribution in [3.05, 3.63) is 39.0 Å². The number of H-pyrrole nitrogens is 1. The number of hydrogen-bond donors (Lipinski definition) is 3. The van der Waals surface area contributed by atoms with Crippen LogP contribution in [0.4, 0.5) is 5.95 Å². The Morgan fingerprint density at radius 1 is 1.27 bits per heavy atom. The number of likely N-dealkylation sites (N-methyl/N-ethyl adjacent to an activating group) is 1. The Bertz CT molecular complexity index is 1110. The van der Waals surface area contributed by atoms with Gasteiger partial charge in [-0.3, -0.25) is 14.6 Å². The Kier molecular flexibility index (Phi) is 7.62. The van der Waals surface area contributed by atoms with E-state index in [9.17, 15) is 9.59 Å². The number of anilines is 1. The fourth-order valence-corrected chi connectivity index (χ4v) is 5.67. The van der Waals surface area contributed by atoms with Crippen LogP contribution in [0.2, 0.25) is 0 Å². The molecule has 1 amide bonds. The number of nitrogens with zero attached hydrogens (tertiary/aromatic N) is 3. The van der Waals surface area contributed by atoms with Gasteiger partial charge in [-0.05, 0) is 37.4 Å². The zero-order valence-corrected chi connectivity index (χ0v) is 20.6. The Morgan fingerprint density at radius 3 is 2.82 bits per heavy atom. The number of amides is 1. The van der Waals surface area contributed by atoms with Crippen LogP contribution in [0.15, 0.2) is 23.0 Å². The summed E-state index contributed by atoms with van der Waals surface area (Å²) >= 11 is 1.58. The quantitative estimate of drug-likeness (QED) is 0.513. The summed E-state index contributed by atoms with van der Waals surface area (Å²) in [7, 11) is 2.13. The van der Waals surface area contributed by atoms with E-state index in [2.05, 4.69) is 62.6 Å². The number of aromatic nitrogens is 2. The number of allylic oxidation sites excluding steroid dienone is 4. The molecule has 2 aromatic heterocycles. The number of hydrogen-bond acceptors (Lipinski definition) is 7. The molecule has 1 atom stereocenters. The second-order valence-corrected chi connectivity index (χ2v) is 10.0. The van der Waals surface area contributed by atoms with Crippen molar-refractivity contribution < 1.29 is 4.79 Å². The number of aryl methyl sites for hydroxylation is 1. The van der Waals surface area contributed by atoms with E-state index in [0.29, 0.717) is 36.8 Å². The normalized spacial score (nSPS) is 19.6. The Labute approximate surface area is 198 Å². The van der Waals surface area contributed by atoms with Crippen LogP contribution < -0.4 is 16.2 Å².